The largest absolute Gasteiger partial charge is 0.480 e. The Kier molecular flexibility index (Phi) is 6.48. The van der Waals surface area contributed by atoms with Crippen LogP contribution in [-0.2, 0) is 14.3 Å². The fraction of sp³-hybridized carbons (Fsp3) is 0.400. The summed E-state index contributed by atoms with van der Waals surface area (Å²) < 4.78 is 47.3. The molecule has 35 heavy (non-hydrogen) atoms. The van der Waals surface area contributed by atoms with Crippen molar-refractivity contribution in [1.82, 2.24) is 10.2 Å². The molecule has 2 N–H and O–H groups in total. The van der Waals surface area contributed by atoms with Gasteiger partial charge in [-0.1, -0.05) is 48.5 Å². The lowest BCUT2D eigenvalue weighted by Crippen LogP contribution is -2.66. The maximum Gasteiger partial charge on any atom is 0.420 e. The Bertz CT molecular complexity index is 1100. The second-order valence-corrected chi connectivity index (χ2v) is 9.10. The van der Waals surface area contributed by atoms with Crippen molar-refractivity contribution in [3.05, 3.63) is 59.7 Å². The molecule has 1 fully saturated rings. The number of hydrogen-bond donors (Lipinski definition) is 2. The molecule has 0 heterocycles. The van der Waals surface area contributed by atoms with Crippen LogP contribution in [0.5, 0.6) is 0 Å². The van der Waals surface area contributed by atoms with E-state index in [0.29, 0.717) is 24.7 Å². The summed E-state index contributed by atoms with van der Waals surface area (Å²) in [6.07, 6.45) is -5.20. The van der Waals surface area contributed by atoms with Crippen LogP contribution in [0.2, 0.25) is 0 Å². The number of benzene rings is 2. The number of alkyl carbamates (subject to hydrolysis) is 1. The highest BCUT2D eigenvalue weighted by Gasteiger charge is 2.60. The van der Waals surface area contributed by atoms with Crippen molar-refractivity contribution in [3.8, 4) is 11.1 Å². The van der Waals surface area contributed by atoms with Crippen molar-refractivity contribution in [3.63, 3.8) is 0 Å². The second-order valence-electron chi connectivity index (χ2n) is 9.10. The number of carboxylic acid groups (broad SMARTS) is 1. The lowest BCUT2D eigenvalue weighted by Gasteiger charge is -2.35. The van der Waals surface area contributed by atoms with E-state index in [1.807, 2.05) is 48.5 Å². The van der Waals surface area contributed by atoms with Gasteiger partial charge in [0.2, 0.25) is 5.54 Å². The molecule has 0 bridgehead atoms. The molecule has 2 aromatic carbocycles. The van der Waals surface area contributed by atoms with E-state index in [1.165, 1.54) is 0 Å². The molecule has 2 aliphatic rings. The van der Waals surface area contributed by atoms with E-state index in [4.69, 9.17) is 9.84 Å². The van der Waals surface area contributed by atoms with Gasteiger partial charge < -0.3 is 14.7 Å². The van der Waals surface area contributed by atoms with E-state index in [2.05, 4.69) is 0 Å². The first-order chi connectivity index (χ1) is 16.5. The molecule has 186 valence electrons. The molecular weight excluding hydrogens is 465 g/mol. The fourth-order valence-corrected chi connectivity index (χ4v) is 4.40. The van der Waals surface area contributed by atoms with Gasteiger partial charge in [0, 0.05) is 12.5 Å². The lowest BCUT2D eigenvalue weighted by molar-refractivity contribution is -0.201. The molecule has 4 rings (SSSR count). The number of carboxylic acids is 1. The van der Waals surface area contributed by atoms with Gasteiger partial charge >= 0.3 is 18.2 Å². The minimum absolute atomic E-state index is 0.0507. The average Bonchev–Trinajstić information content (AvgIpc) is 3.56. The predicted molar refractivity (Wildman–Crippen MR) is 120 cm³/mol. The third-order valence-corrected chi connectivity index (χ3v) is 6.48. The number of carbonyl (C=O) groups is 3. The third kappa shape index (κ3) is 4.96. The third-order valence-electron chi connectivity index (χ3n) is 6.48. The van der Waals surface area contributed by atoms with Gasteiger partial charge in [-0.05, 0) is 47.9 Å². The van der Waals surface area contributed by atoms with Crippen LogP contribution in [0, 0.1) is 5.92 Å². The Morgan fingerprint density at radius 2 is 1.57 bits per heavy atom. The zero-order valence-electron chi connectivity index (χ0n) is 19.0. The monoisotopic (exact) mass is 490 g/mol. The first-order valence-electron chi connectivity index (χ1n) is 11.2. The predicted octanol–water partition coefficient (Wildman–Crippen LogP) is 4.17. The number of amides is 2. The van der Waals surface area contributed by atoms with Gasteiger partial charge in [0.15, 0.2) is 0 Å². The van der Waals surface area contributed by atoms with Crippen molar-refractivity contribution >= 4 is 18.0 Å². The minimum Gasteiger partial charge on any atom is -0.480 e. The van der Waals surface area contributed by atoms with Crippen LogP contribution in [0.3, 0.4) is 0 Å². The Labute approximate surface area is 199 Å². The molecule has 1 atom stereocenters. The van der Waals surface area contributed by atoms with Crippen LogP contribution >= 0.6 is 0 Å². The first-order valence-corrected chi connectivity index (χ1v) is 11.2. The summed E-state index contributed by atoms with van der Waals surface area (Å²) in [6, 6.07) is 15.0. The van der Waals surface area contributed by atoms with Gasteiger partial charge in [-0.15, -0.1) is 0 Å². The number of carbonyl (C=O) groups excluding carboxylic acids is 2. The maximum atomic E-state index is 14.0. The van der Waals surface area contributed by atoms with E-state index in [0.717, 1.165) is 22.3 Å². The van der Waals surface area contributed by atoms with Gasteiger partial charge in [-0.25, -0.2) is 4.79 Å². The molecule has 2 amide bonds. The molecule has 0 saturated heterocycles. The van der Waals surface area contributed by atoms with Crippen molar-refractivity contribution in [2.75, 3.05) is 19.7 Å². The number of ether oxygens (including phenoxy) is 1. The van der Waals surface area contributed by atoms with Crippen LogP contribution in [0.1, 0.15) is 36.8 Å². The molecule has 0 aliphatic heterocycles. The Morgan fingerprint density at radius 3 is 2.06 bits per heavy atom. The first kappa shape index (κ1) is 24.6. The molecular formula is C25H25F3N2O5. The van der Waals surface area contributed by atoms with Crippen molar-refractivity contribution < 1.29 is 37.4 Å². The highest BCUT2D eigenvalue weighted by molar-refractivity contribution is 5.92. The van der Waals surface area contributed by atoms with Gasteiger partial charge in [0.25, 0.3) is 5.91 Å². The van der Waals surface area contributed by atoms with E-state index in [9.17, 15) is 27.6 Å². The Hall–Kier alpha value is -3.56. The number of rotatable bonds is 8. The smallest absolute Gasteiger partial charge is 0.420 e. The summed E-state index contributed by atoms with van der Waals surface area (Å²) in [7, 11) is 0. The minimum atomic E-state index is -5.18. The van der Waals surface area contributed by atoms with Gasteiger partial charge in [0.05, 0.1) is 0 Å². The number of hydrogen-bond acceptors (Lipinski definition) is 4. The van der Waals surface area contributed by atoms with Crippen LogP contribution in [-0.4, -0.2) is 59.4 Å². The van der Waals surface area contributed by atoms with Gasteiger partial charge in [-0.2, -0.15) is 13.2 Å². The van der Waals surface area contributed by atoms with Gasteiger partial charge in [-0.3, -0.25) is 14.9 Å². The van der Waals surface area contributed by atoms with E-state index < -0.39 is 36.2 Å². The standard InChI is InChI=1S/C25H25F3N2O5/c1-24(25(26,27)28,22(33)30(13-21(31)32)12-15-10-11-15)29-23(34)35-14-20-18-8-4-2-6-16(18)17-7-3-5-9-19(17)20/h2-9,15,20H,10-14H2,1H3,(H,29,34)(H,31,32). The summed E-state index contributed by atoms with van der Waals surface area (Å²) in [5, 5.41) is 10.8. The van der Waals surface area contributed by atoms with E-state index >= 15 is 0 Å². The van der Waals surface area contributed by atoms with Crippen molar-refractivity contribution in [2.24, 2.45) is 5.92 Å². The summed E-state index contributed by atoms with van der Waals surface area (Å²) >= 11 is 0. The Balaban J connectivity index is 1.50. The maximum absolute atomic E-state index is 14.0. The molecule has 1 unspecified atom stereocenters. The molecule has 1 saturated carbocycles. The normalized spacial score (nSPS) is 16.6. The number of fused-ring (bicyclic) bond motifs is 3. The van der Waals surface area contributed by atoms with Crippen LogP contribution in [0.15, 0.2) is 48.5 Å². The fourth-order valence-electron chi connectivity index (χ4n) is 4.40. The summed E-state index contributed by atoms with van der Waals surface area (Å²) in [6.45, 7) is -0.724. The zero-order valence-corrected chi connectivity index (χ0v) is 19.0. The number of halogens is 3. The van der Waals surface area contributed by atoms with E-state index in [-0.39, 0.29) is 25.0 Å². The molecule has 0 radical (unpaired) electrons. The number of nitrogens with one attached hydrogen (secondary N) is 1. The highest BCUT2D eigenvalue weighted by Crippen LogP contribution is 2.44. The quantitative estimate of drug-likeness (QED) is 0.579. The molecule has 0 spiro atoms. The summed E-state index contributed by atoms with van der Waals surface area (Å²) in [4.78, 5) is 37.3. The SMILES string of the molecule is CC(NC(=O)OCC1c2ccccc2-c2ccccc21)(C(=O)N(CC(=O)O)CC1CC1)C(F)(F)F. The average molecular weight is 490 g/mol. The van der Waals surface area contributed by atoms with Crippen LogP contribution in [0.25, 0.3) is 11.1 Å². The molecule has 2 aliphatic carbocycles. The Morgan fingerprint density at radius 1 is 1.03 bits per heavy atom. The molecule has 2 aromatic rings. The lowest BCUT2D eigenvalue weighted by atomic mass is 9.98. The van der Waals surface area contributed by atoms with Crippen molar-refractivity contribution in [2.45, 2.75) is 37.4 Å². The molecule has 0 aromatic heterocycles. The van der Waals surface area contributed by atoms with Crippen LogP contribution in [0.4, 0.5) is 18.0 Å². The number of aliphatic carboxylic acids is 1. The van der Waals surface area contributed by atoms with Crippen LogP contribution < -0.4 is 5.32 Å². The second kappa shape index (κ2) is 9.24. The number of nitrogens with zero attached hydrogens (tertiary/aromatic N) is 1. The molecule has 7 nitrogen and oxygen atoms in total. The van der Waals surface area contributed by atoms with Gasteiger partial charge in [0.1, 0.15) is 13.2 Å². The topological polar surface area (TPSA) is 95.9 Å². The molecule has 10 heteroatoms. The summed E-state index contributed by atoms with van der Waals surface area (Å²) in [5.41, 5.74) is 0.329. The summed E-state index contributed by atoms with van der Waals surface area (Å²) in [5.74, 6) is -3.40. The highest BCUT2D eigenvalue weighted by atomic mass is 19.4. The number of alkyl halides is 3. The zero-order chi connectivity index (χ0) is 25.4. The van der Waals surface area contributed by atoms with E-state index in [1.54, 1.807) is 5.32 Å². The van der Waals surface area contributed by atoms with Crippen molar-refractivity contribution in [1.29, 1.82) is 0 Å².